The number of carboxylic acids is 1. The molecule has 1 rings (SSSR count). The highest BCUT2D eigenvalue weighted by atomic mass is 32.2. The predicted molar refractivity (Wildman–Crippen MR) is 79.7 cm³/mol. The number of carboxylic acid groups (broad SMARTS) is 1. The zero-order valence-electron chi connectivity index (χ0n) is 12.9. The largest absolute Gasteiger partial charge is 0.479 e. The summed E-state index contributed by atoms with van der Waals surface area (Å²) in [4.78, 5) is 22.9. The summed E-state index contributed by atoms with van der Waals surface area (Å²) in [6.45, 7) is 2.78. The summed E-state index contributed by atoms with van der Waals surface area (Å²) in [5.74, 6) is -2.02. The van der Waals surface area contributed by atoms with Crippen LogP contribution in [-0.2, 0) is 19.6 Å². The molecule has 0 aliphatic carbocycles. The Balaban J connectivity index is 2.70. The number of sulfonamides is 1. The van der Waals surface area contributed by atoms with Gasteiger partial charge in [0.05, 0.1) is 12.3 Å². The summed E-state index contributed by atoms with van der Waals surface area (Å²) in [7, 11) is -3.49. The number of unbranched alkanes of at least 4 members (excludes halogenated alkanes) is 1. The first-order chi connectivity index (χ1) is 10.1. The van der Waals surface area contributed by atoms with Gasteiger partial charge in [0.15, 0.2) is 5.60 Å². The second-order valence-electron chi connectivity index (χ2n) is 5.74. The topological polar surface area (TPSA) is 124 Å². The van der Waals surface area contributed by atoms with Crippen LogP contribution in [0.1, 0.15) is 39.5 Å². The second kappa shape index (κ2) is 7.38. The van der Waals surface area contributed by atoms with Crippen molar-refractivity contribution in [2.45, 2.75) is 51.2 Å². The van der Waals surface area contributed by atoms with Gasteiger partial charge in [0.2, 0.25) is 15.9 Å². The lowest BCUT2D eigenvalue weighted by atomic mass is 10.1. The highest BCUT2D eigenvalue weighted by molar-refractivity contribution is 7.89. The van der Waals surface area contributed by atoms with E-state index in [1.807, 2.05) is 6.92 Å². The smallest absolute Gasteiger partial charge is 0.337 e. The van der Waals surface area contributed by atoms with Gasteiger partial charge in [0.25, 0.3) is 0 Å². The quantitative estimate of drug-likeness (QED) is 0.550. The molecule has 1 amide bonds. The average Bonchev–Trinajstić information content (AvgIpc) is 2.92. The number of aliphatic hydroxyl groups is 1. The van der Waals surface area contributed by atoms with Crippen molar-refractivity contribution in [3.8, 4) is 0 Å². The van der Waals surface area contributed by atoms with Gasteiger partial charge in [-0.15, -0.1) is 0 Å². The van der Waals surface area contributed by atoms with E-state index in [4.69, 9.17) is 5.11 Å². The molecule has 0 aromatic rings. The van der Waals surface area contributed by atoms with Crippen LogP contribution in [0.5, 0.6) is 0 Å². The van der Waals surface area contributed by atoms with Gasteiger partial charge in [0.1, 0.15) is 6.04 Å². The Kier molecular flexibility index (Phi) is 6.33. The monoisotopic (exact) mass is 336 g/mol. The Morgan fingerprint density at radius 2 is 2.05 bits per heavy atom. The van der Waals surface area contributed by atoms with Crippen molar-refractivity contribution < 1.29 is 28.2 Å². The van der Waals surface area contributed by atoms with Gasteiger partial charge < -0.3 is 15.5 Å². The number of hydrogen-bond acceptors (Lipinski definition) is 5. The highest BCUT2D eigenvalue weighted by Gasteiger charge is 2.39. The van der Waals surface area contributed by atoms with E-state index in [-0.39, 0.29) is 5.75 Å². The van der Waals surface area contributed by atoms with Crippen LogP contribution in [0.2, 0.25) is 0 Å². The zero-order chi connectivity index (χ0) is 17.0. The van der Waals surface area contributed by atoms with E-state index in [0.717, 1.165) is 13.3 Å². The molecule has 2 atom stereocenters. The molecule has 22 heavy (non-hydrogen) atoms. The Hall–Kier alpha value is -1.19. The first kappa shape index (κ1) is 18.9. The molecule has 0 bridgehead atoms. The normalized spacial score (nSPS) is 22.2. The van der Waals surface area contributed by atoms with E-state index in [2.05, 4.69) is 5.32 Å². The molecule has 1 saturated heterocycles. The van der Waals surface area contributed by atoms with Crippen LogP contribution in [0.4, 0.5) is 0 Å². The maximum atomic E-state index is 12.2. The van der Waals surface area contributed by atoms with Crippen molar-refractivity contribution >= 4 is 21.9 Å². The van der Waals surface area contributed by atoms with Gasteiger partial charge in [-0.3, -0.25) is 4.79 Å². The third-order valence-corrected chi connectivity index (χ3v) is 5.64. The molecule has 0 aromatic heterocycles. The summed E-state index contributed by atoms with van der Waals surface area (Å²) in [5, 5.41) is 20.7. The number of rotatable bonds is 8. The van der Waals surface area contributed by atoms with Crippen molar-refractivity contribution in [3.63, 3.8) is 0 Å². The van der Waals surface area contributed by atoms with Gasteiger partial charge in [-0.25, -0.2) is 13.2 Å². The van der Waals surface area contributed by atoms with Gasteiger partial charge in [-0.1, -0.05) is 13.3 Å². The fourth-order valence-corrected chi connectivity index (χ4v) is 4.12. The van der Waals surface area contributed by atoms with Crippen LogP contribution in [0.25, 0.3) is 0 Å². The van der Waals surface area contributed by atoms with Gasteiger partial charge >= 0.3 is 5.97 Å². The average molecular weight is 336 g/mol. The molecule has 0 saturated carbocycles. The van der Waals surface area contributed by atoms with E-state index in [0.29, 0.717) is 25.8 Å². The molecule has 8 nitrogen and oxygen atoms in total. The molecule has 2 unspecified atom stereocenters. The van der Waals surface area contributed by atoms with Crippen molar-refractivity contribution in [2.24, 2.45) is 0 Å². The van der Waals surface area contributed by atoms with Crippen LogP contribution >= 0.6 is 0 Å². The van der Waals surface area contributed by atoms with Crippen LogP contribution in [-0.4, -0.2) is 65.3 Å². The number of nitrogens with one attached hydrogen (secondary N) is 1. The lowest BCUT2D eigenvalue weighted by molar-refractivity contribution is -0.156. The van der Waals surface area contributed by atoms with Gasteiger partial charge in [0, 0.05) is 6.54 Å². The Morgan fingerprint density at radius 3 is 2.59 bits per heavy atom. The minimum absolute atomic E-state index is 0.000120. The lowest BCUT2D eigenvalue weighted by Gasteiger charge is -2.25. The molecule has 1 fully saturated rings. The van der Waals surface area contributed by atoms with Crippen LogP contribution < -0.4 is 5.32 Å². The van der Waals surface area contributed by atoms with Crippen LogP contribution in [0, 0.1) is 0 Å². The SMILES string of the molecule is CCCCS(=O)(=O)N1CCCC1C(=O)NCC(C)(O)C(=O)O. The fraction of sp³-hybridized carbons (Fsp3) is 0.846. The van der Waals surface area contributed by atoms with Crippen molar-refractivity contribution in [2.75, 3.05) is 18.8 Å². The molecule has 128 valence electrons. The predicted octanol–water partition coefficient (Wildman–Crippen LogP) is -0.467. The molecule has 1 heterocycles. The van der Waals surface area contributed by atoms with Crippen molar-refractivity contribution in [3.05, 3.63) is 0 Å². The zero-order valence-corrected chi connectivity index (χ0v) is 13.7. The number of carbonyl (C=O) groups excluding carboxylic acids is 1. The molecular weight excluding hydrogens is 312 g/mol. The van der Waals surface area contributed by atoms with Gasteiger partial charge in [-0.05, 0) is 26.2 Å². The van der Waals surface area contributed by atoms with Gasteiger partial charge in [-0.2, -0.15) is 4.31 Å². The van der Waals surface area contributed by atoms with E-state index < -0.39 is 40.1 Å². The van der Waals surface area contributed by atoms with E-state index in [1.54, 1.807) is 0 Å². The standard InChI is InChI=1S/C13H24N2O6S/c1-3-4-8-22(20,21)15-7-5-6-10(15)11(16)14-9-13(2,19)12(17)18/h10,19H,3-9H2,1-2H3,(H,14,16)(H,17,18). The summed E-state index contributed by atoms with van der Waals surface area (Å²) in [5.41, 5.74) is -2.08. The molecule has 1 aliphatic heterocycles. The molecule has 0 radical (unpaired) electrons. The minimum Gasteiger partial charge on any atom is -0.479 e. The van der Waals surface area contributed by atoms with Crippen molar-refractivity contribution in [1.82, 2.24) is 9.62 Å². The molecule has 1 aliphatic rings. The number of carbonyl (C=O) groups is 2. The van der Waals surface area contributed by atoms with E-state index >= 15 is 0 Å². The number of amides is 1. The summed E-state index contributed by atoms with van der Waals surface area (Å²) in [6.07, 6.45) is 2.25. The third kappa shape index (κ3) is 4.65. The molecule has 0 aromatic carbocycles. The molecule has 0 spiro atoms. The Bertz CT molecular complexity index is 517. The summed E-state index contributed by atoms with van der Waals surface area (Å²) < 4.78 is 25.6. The first-order valence-electron chi connectivity index (χ1n) is 7.35. The summed E-state index contributed by atoms with van der Waals surface area (Å²) >= 11 is 0. The van der Waals surface area contributed by atoms with E-state index in [1.165, 1.54) is 4.31 Å². The minimum atomic E-state index is -3.49. The summed E-state index contributed by atoms with van der Waals surface area (Å²) in [6, 6.07) is -0.827. The Morgan fingerprint density at radius 1 is 1.41 bits per heavy atom. The maximum absolute atomic E-state index is 12.2. The maximum Gasteiger partial charge on any atom is 0.337 e. The number of aliphatic carboxylic acids is 1. The molecular formula is C13H24N2O6S. The molecule has 3 N–H and O–H groups in total. The second-order valence-corrected chi connectivity index (χ2v) is 7.78. The Labute approximate surface area is 130 Å². The fourth-order valence-electron chi connectivity index (χ4n) is 2.23. The van der Waals surface area contributed by atoms with Crippen molar-refractivity contribution in [1.29, 1.82) is 0 Å². The number of nitrogens with zero attached hydrogens (tertiary/aromatic N) is 1. The molecule has 9 heteroatoms. The number of hydrogen-bond donors (Lipinski definition) is 3. The first-order valence-corrected chi connectivity index (χ1v) is 8.95. The lowest BCUT2D eigenvalue weighted by Crippen LogP contribution is -2.52. The van der Waals surface area contributed by atoms with Crippen LogP contribution in [0.3, 0.4) is 0 Å². The van der Waals surface area contributed by atoms with E-state index in [9.17, 15) is 23.1 Å². The third-order valence-electron chi connectivity index (χ3n) is 3.69. The highest BCUT2D eigenvalue weighted by Crippen LogP contribution is 2.22. The van der Waals surface area contributed by atoms with Crippen LogP contribution in [0.15, 0.2) is 0 Å².